The average molecular weight is 432 g/mol. The summed E-state index contributed by atoms with van der Waals surface area (Å²) in [5, 5.41) is 11.2. The first-order valence-electron chi connectivity index (χ1n) is 9.82. The largest absolute Gasteiger partial charge is 0.478 e. The van der Waals surface area contributed by atoms with Crippen LogP contribution in [0.5, 0.6) is 0 Å². The molecule has 0 heterocycles. The first kappa shape index (κ1) is 20.8. The van der Waals surface area contributed by atoms with Gasteiger partial charge in [0.1, 0.15) is 0 Å². The van der Waals surface area contributed by atoms with E-state index in [1.807, 2.05) is 72.8 Å². The summed E-state index contributed by atoms with van der Waals surface area (Å²) in [7, 11) is 0. The van der Waals surface area contributed by atoms with Crippen LogP contribution >= 0.6 is 0 Å². The van der Waals surface area contributed by atoms with Crippen LogP contribution in [0.1, 0.15) is 21.5 Å². The zero-order valence-electron chi connectivity index (χ0n) is 16.6. The first-order valence-corrected chi connectivity index (χ1v) is 10.9. The van der Waals surface area contributed by atoms with Crippen LogP contribution in [0.4, 0.5) is 11.4 Å². The summed E-state index contributed by atoms with van der Waals surface area (Å²) in [5.74, 6) is -0.933. The highest BCUT2D eigenvalue weighted by atomic mass is 32.2. The summed E-state index contributed by atoms with van der Waals surface area (Å²) < 4.78 is 23.4. The lowest BCUT2D eigenvalue weighted by molar-refractivity contribution is 0.0696. The van der Waals surface area contributed by atoms with Gasteiger partial charge in [0.2, 0.25) is 0 Å². The highest BCUT2D eigenvalue weighted by molar-refractivity contribution is 7.81. The predicted molar refractivity (Wildman–Crippen MR) is 124 cm³/mol. The number of rotatable bonds is 7. The van der Waals surface area contributed by atoms with Gasteiger partial charge in [-0.15, -0.1) is 0 Å². The number of hydrogen-bond donors (Lipinski definition) is 2. The number of benzene rings is 4. The molecule has 0 fully saturated rings. The Morgan fingerprint density at radius 2 is 1.42 bits per heavy atom. The molecule has 4 rings (SSSR count). The smallest absolute Gasteiger partial charge is 0.335 e. The van der Waals surface area contributed by atoms with E-state index in [-0.39, 0.29) is 5.56 Å². The second kappa shape index (κ2) is 9.12. The van der Waals surface area contributed by atoms with Gasteiger partial charge in [-0.1, -0.05) is 54.6 Å². The van der Waals surface area contributed by atoms with Crippen LogP contribution in [-0.4, -0.2) is 19.8 Å². The average Bonchev–Trinajstić information content (AvgIpc) is 2.78. The first-order chi connectivity index (χ1) is 15.0. The maximum absolute atomic E-state index is 12.1. The monoisotopic (exact) mass is 431 g/mol. The van der Waals surface area contributed by atoms with Crippen molar-refractivity contribution in [3.63, 3.8) is 0 Å². The molecule has 0 aliphatic heterocycles. The van der Waals surface area contributed by atoms with Crippen molar-refractivity contribution in [3.05, 3.63) is 108 Å². The number of carboxylic acid groups (broad SMARTS) is 1. The van der Waals surface area contributed by atoms with E-state index in [1.165, 1.54) is 4.31 Å². The van der Waals surface area contributed by atoms with E-state index >= 15 is 0 Å². The molecule has 2 N–H and O–H groups in total. The fraction of sp³-hybridized carbons (Fsp3) is 0.0800. The molecule has 6 heteroatoms. The Labute approximate surface area is 183 Å². The number of carboxylic acids is 1. The van der Waals surface area contributed by atoms with Gasteiger partial charge in [0.25, 0.3) is 11.3 Å². The molecule has 4 aromatic carbocycles. The topological polar surface area (TPSA) is 77.8 Å². The Morgan fingerprint density at radius 1 is 0.742 bits per heavy atom. The van der Waals surface area contributed by atoms with Crippen molar-refractivity contribution < 1.29 is 18.7 Å². The molecule has 5 nitrogen and oxygen atoms in total. The Balaban J connectivity index is 1.53. The summed E-state index contributed by atoms with van der Waals surface area (Å²) in [6.07, 6.45) is 1.45. The molecule has 0 radical (unpaired) electrons. The highest BCUT2D eigenvalue weighted by Gasteiger charge is 2.15. The standard InChI is InChI=1S/C25H21NO4S/c27-25(28)22-7-3-4-19(16-22)9-8-18-10-13-23(14-11-18)26(31(29)30)24-15-12-20-5-1-2-6-21(20)17-24/h1-7,10-17H,8-9H2,(H,27,28)(H,29,30). The van der Waals surface area contributed by atoms with Gasteiger partial charge in [0.15, 0.2) is 0 Å². The second-order valence-corrected chi connectivity index (χ2v) is 8.06. The van der Waals surface area contributed by atoms with Crippen LogP contribution in [0.25, 0.3) is 10.8 Å². The van der Waals surface area contributed by atoms with E-state index in [0.717, 1.165) is 28.3 Å². The molecule has 0 aliphatic rings. The van der Waals surface area contributed by atoms with Crippen molar-refractivity contribution in [2.24, 2.45) is 0 Å². The van der Waals surface area contributed by atoms with Crippen LogP contribution in [0, 0.1) is 0 Å². The minimum atomic E-state index is -2.22. The molecule has 0 spiro atoms. The third-order valence-corrected chi connectivity index (χ3v) is 5.90. The number of carbonyl (C=O) groups is 1. The molecule has 0 aliphatic carbocycles. The van der Waals surface area contributed by atoms with Crippen LogP contribution < -0.4 is 4.31 Å². The number of anilines is 2. The van der Waals surface area contributed by atoms with Crippen LogP contribution in [0.2, 0.25) is 0 Å². The lowest BCUT2D eigenvalue weighted by Gasteiger charge is -2.21. The molecule has 0 saturated carbocycles. The summed E-state index contributed by atoms with van der Waals surface area (Å²) in [4.78, 5) is 11.1. The maximum Gasteiger partial charge on any atom is 0.335 e. The summed E-state index contributed by atoms with van der Waals surface area (Å²) in [6.45, 7) is 0. The Kier molecular flexibility index (Phi) is 6.11. The van der Waals surface area contributed by atoms with Gasteiger partial charge in [-0.3, -0.25) is 4.55 Å². The summed E-state index contributed by atoms with van der Waals surface area (Å²) in [5.41, 5.74) is 3.56. The summed E-state index contributed by atoms with van der Waals surface area (Å²) >= 11 is -2.22. The summed E-state index contributed by atoms with van der Waals surface area (Å²) in [6, 6.07) is 28.0. The fourth-order valence-corrected chi connectivity index (χ4v) is 4.17. The zero-order chi connectivity index (χ0) is 21.8. The van der Waals surface area contributed by atoms with E-state index in [9.17, 15) is 13.6 Å². The molecule has 0 amide bonds. The molecule has 0 bridgehead atoms. The van der Waals surface area contributed by atoms with Crippen molar-refractivity contribution in [2.45, 2.75) is 12.8 Å². The maximum atomic E-state index is 12.1. The number of fused-ring (bicyclic) bond motifs is 1. The van der Waals surface area contributed by atoms with Crippen molar-refractivity contribution in [3.8, 4) is 0 Å². The normalized spacial score (nSPS) is 11.9. The molecule has 0 saturated heterocycles. The second-order valence-electron chi connectivity index (χ2n) is 7.23. The zero-order valence-corrected chi connectivity index (χ0v) is 17.5. The van der Waals surface area contributed by atoms with Crippen molar-refractivity contribution in [2.75, 3.05) is 4.31 Å². The minimum Gasteiger partial charge on any atom is -0.478 e. The van der Waals surface area contributed by atoms with E-state index in [0.29, 0.717) is 17.8 Å². The predicted octanol–water partition coefficient (Wildman–Crippen LogP) is 5.60. The fourth-order valence-electron chi connectivity index (χ4n) is 3.58. The molecule has 1 atom stereocenters. The van der Waals surface area contributed by atoms with E-state index in [1.54, 1.807) is 18.2 Å². The van der Waals surface area contributed by atoms with Gasteiger partial charge >= 0.3 is 5.97 Å². The SMILES string of the molecule is O=C(O)c1cccc(CCc2ccc(N(c3ccc4ccccc4c3)S(=O)O)cc2)c1. The van der Waals surface area contributed by atoms with E-state index in [2.05, 4.69) is 0 Å². The van der Waals surface area contributed by atoms with Gasteiger partial charge in [-0.2, -0.15) is 0 Å². The van der Waals surface area contributed by atoms with Gasteiger partial charge in [-0.05, 0) is 71.1 Å². The van der Waals surface area contributed by atoms with Gasteiger partial charge in [0.05, 0.1) is 16.9 Å². The Bertz CT molecular complexity index is 1250. The number of aryl methyl sites for hydroxylation is 2. The Hall–Kier alpha value is -3.48. The molecule has 4 aromatic rings. The minimum absolute atomic E-state index is 0.282. The van der Waals surface area contributed by atoms with Crippen LogP contribution in [0.15, 0.2) is 91.0 Å². The quantitative estimate of drug-likeness (QED) is 0.374. The number of nitrogens with zero attached hydrogens (tertiary/aromatic N) is 1. The lowest BCUT2D eigenvalue weighted by Crippen LogP contribution is -2.19. The molecule has 31 heavy (non-hydrogen) atoms. The van der Waals surface area contributed by atoms with Gasteiger partial charge in [-0.25, -0.2) is 13.3 Å². The molecule has 156 valence electrons. The third kappa shape index (κ3) is 4.82. The molecule has 0 aromatic heterocycles. The molecular formula is C25H21NO4S. The van der Waals surface area contributed by atoms with E-state index in [4.69, 9.17) is 5.11 Å². The van der Waals surface area contributed by atoms with Crippen molar-refractivity contribution >= 4 is 39.4 Å². The molecular weight excluding hydrogens is 410 g/mol. The van der Waals surface area contributed by atoms with Gasteiger partial charge < -0.3 is 5.11 Å². The van der Waals surface area contributed by atoms with E-state index < -0.39 is 17.2 Å². The third-order valence-electron chi connectivity index (χ3n) is 5.17. The van der Waals surface area contributed by atoms with Crippen molar-refractivity contribution in [1.82, 2.24) is 0 Å². The lowest BCUT2D eigenvalue weighted by atomic mass is 10.0. The van der Waals surface area contributed by atoms with Crippen molar-refractivity contribution in [1.29, 1.82) is 0 Å². The number of aromatic carboxylic acids is 1. The van der Waals surface area contributed by atoms with Crippen LogP contribution in [-0.2, 0) is 24.1 Å². The van der Waals surface area contributed by atoms with Gasteiger partial charge in [0, 0.05) is 0 Å². The Morgan fingerprint density at radius 3 is 2.13 bits per heavy atom. The number of hydrogen-bond acceptors (Lipinski definition) is 2. The van der Waals surface area contributed by atoms with Crippen LogP contribution in [0.3, 0.4) is 0 Å². The molecule has 1 unspecified atom stereocenters. The highest BCUT2D eigenvalue weighted by Crippen LogP contribution is 2.30.